The molecule has 1 N–H and O–H groups in total. The normalized spacial score (nSPS) is 33.8. The van der Waals surface area contributed by atoms with Crippen LogP contribution >= 0.6 is 15.9 Å². The van der Waals surface area contributed by atoms with E-state index in [2.05, 4.69) is 53.4 Å². The van der Waals surface area contributed by atoms with Crippen LogP contribution in [-0.2, 0) is 0 Å². The lowest BCUT2D eigenvalue weighted by Gasteiger charge is -2.45. The third-order valence-corrected chi connectivity index (χ3v) is 5.28. The smallest absolute Gasteiger partial charge is 0.126 e. The average Bonchev–Trinajstić information content (AvgIpc) is 2.41. The van der Waals surface area contributed by atoms with E-state index in [0.717, 1.165) is 22.6 Å². The minimum Gasteiger partial charge on any atom is -0.487 e. The Bertz CT molecular complexity index is 466. The molecule has 1 saturated carbocycles. The summed E-state index contributed by atoms with van der Waals surface area (Å²) in [6.07, 6.45) is 6.07. The Balaban J connectivity index is 1.92. The van der Waals surface area contributed by atoms with Gasteiger partial charge in [-0.15, -0.1) is 0 Å². The van der Waals surface area contributed by atoms with Crippen molar-refractivity contribution in [3.05, 3.63) is 28.2 Å². The molecule has 0 saturated heterocycles. The van der Waals surface area contributed by atoms with Gasteiger partial charge in [0.05, 0.1) is 0 Å². The largest absolute Gasteiger partial charge is 0.487 e. The van der Waals surface area contributed by atoms with Crippen LogP contribution in [0, 0.1) is 5.92 Å². The van der Waals surface area contributed by atoms with Crippen LogP contribution in [-0.4, -0.2) is 12.6 Å². The fourth-order valence-electron chi connectivity index (χ4n) is 3.49. The molecule has 0 aromatic heterocycles. The highest BCUT2D eigenvalue weighted by Crippen LogP contribution is 2.47. The fraction of sp³-hybridized carbons (Fsp3) is 0.625. The Hall–Kier alpha value is -0.540. The van der Waals surface area contributed by atoms with Gasteiger partial charge in [0.1, 0.15) is 11.4 Å². The van der Waals surface area contributed by atoms with Crippen molar-refractivity contribution in [2.45, 2.75) is 50.7 Å². The van der Waals surface area contributed by atoms with Crippen molar-refractivity contribution in [3.63, 3.8) is 0 Å². The van der Waals surface area contributed by atoms with Crippen molar-refractivity contribution in [2.75, 3.05) is 7.05 Å². The maximum absolute atomic E-state index is 6.45. The van der Waals surface area contributed by atoms with Gasteiger partial charge in [-0.1, -0.05) is 28.9 Å². The van der Waals surface area contributed by atoms with Gasteiger partial charge in [0.15, 0.2) is 0 Å². The molecule has 2 nitrogen and oxygen atoms in total. The van der Waals surface area contributed by atoms with Crippen LogP contribution < -0.4 is 10.1 Å². The summed E-state index contributed by atoms with van der Waals surface area (Å²) in [5.41, 5.74) is 1.36. The lowest BCUT2D eigenvalue weighted by atomic mass is 9.74. The Morgan fingerprint density at radius 1 is 1.32 bits per heavy atom. The van der Waals surface area contributed by atoms with Crippen LogP contribution in [0.5, 0.6) is 5.75 Å². The van der Waals surface area contributed by atoms with Gasteiger partial charge in [0.2, 0.25) is 0 Å². The van der Waals surface area contributed by atoms with Crippen molar-refractivity contribution in [1.82, 2.24) is 5.32 Å². The molecule has 3 rings (SSSR count). The van der Waals surface area contributed by atoms with Crippen molar-refractivity contribution < 1.29 is 4.74 Å². The van der Waals surface area contributed by atoms with Crippen molar-refractivity contribution in [1.29, 1.82) is 0 Å². The van der Waals surface area contributed by atoms with Crippen LogP contribution in [0.2, 0.25) is 0 Å². The zero-order chi connectivity index (χ0) is 13.5. The molecule has 2 aliphatic rings. The summed E-state index contributed by atoms with van der Waals surface area (Å²) in [4.78, 5) is 0. The molecule has 0 amide bonds. The zero-order valence-electron chi connectivity index (χ0n) is 11.7. The SMILES string of the molecule is CNC1CC2(CCC(C)CC2)Oc2cc(Br)ccc21. The van der Waals surface area contributed by atoms with Gasteiger partial charge in [0.25, 0.3) is 0 Å². The van der Waals surface area contributed by atoms with E-state index in [0.29, 0.717) is 6.04 Å². The Morgan fingerprint density at radius 3 is 2.74 bits per heavy atom. The molecule has 1 unspecified atom stereocenters. The predicted molar refractivity (Wildman–Crippen MR) is 81.6 cm³/mol. The van der Waals surface area contributed by atoms with Crippen molar-refractivity contribution in [3.8, 4) is 5.75 Å². The molecule has 104 valence electrons. The van der Waals surface area contributed by atoms with Crippen LogP contribution in [0.25, 0.3) is 0 Å². The van der Waals surface area contributed by atoms with Crippen molar-refractivity contribution in [2.24, 2.45) is 5.92 Å². The summed E-state index contributed by atoms with van der Waals surface area (Å²) in [5.74, 6) is 1.92. The van der Waals surface area contributed by atoms with E-state index in [1.165, 1.54) is 31.2 Å². The molecule has 1 atom stereocenters. The highest BCUT2D eigenvalue weighted by molar-refractivity contribution is 9.10. The molecule has 1 fully saturated rings. The predicted octanol–water partition coefficient (Wildman–Crippen LogP) is 4.44. The van der Waals surface area contributed by atoms with Crippen LogP contribution in [0.4, 0.5) is 0 Å². The van der Waals surface area contributed by atoms with Crippen molar-refractivity contribution >= 4 is 15.9 Å². The highest BCUT2D eigenvalue weighted by atomic mass is 79.9. The summed E-state index contributed by atoms with van der Waals surface area (Å²) in [7, 11) is 2.06. The number of ether oxygens (including phenoxy) is 1. The van der Waals surface area contributed by atoms with Gasteiger partial charge in [-0.3, -0.25) is 0 Å². The Kier molecular flexibility index (Phi) is 3.61. The molecule has 0 radical (unpaired) electrons. The van der Waals surface area contributed by atoms with E-state index in [1.54, 1.807) is 0 Å². The first-order valence-corrected chi connectivity index (χ1v) is 8.07. The van der Waals surface area contributed by atoms with E-state index in [9.17, 15) is 0 Å². The molecule has 3 heteroatoms. The quantitative estimate of drug-likeness (QED) is 0.824. The summed E-state index contributed by atoms with van der Waals surface area (Å²) in [6, 6.07) is 6.83. The molecule has 19 heavy (non-hydrogen) atoms. The fourth-order valence-corrected chi connectivity index (χ4v) is 3.83. The summed E-state index contributed by atoms with van der Waals surface area (Å²) in [5, 5.41) is 3.47. The van der Waals surface area contributed by atoms with E-state index in [1.807, 2.05) is 0 Å². The molecule has 0 bridgehead atoms. The standard InChI is InChI=1S/C16H22BrNO/c1-11-5-7-16(8-6-11)10-14(18-2)13-4-3-12(17)9-15(13)19-16/h3-4,9,11,14,18H,5-8,10H2,1-2H3. The monoisotopic (exact) mass is 323 g/mol. The van der Waals surface area contributed by atoms with Gasteiger partial charge >= 0.3 is 0 Å². The maximum Gasteiger partial charge on any atom is 0.126 e. The minimum atomic E-state index is 0.0635. The lowest BCUT2D eigenvalue weighted by molar-refractivity contribution is -0.0120. The maximum atomic E-state index is 6.45. The van der Waals surface area contributed by atoms with Gasteiger partial charge in [-0.25, -0.2) is 0 Å². The summed E-state index contributed by atoms with van der Waals surface area (Å²) < 4.78 is 7.55. The molecule has 1 aliphatic heterocycles. The third-order valence-electron chi connectivity index (χ3n) is 4.79. The number of benzene rings is 1. The Morgan fingerprint density at radius 2 is 2.05 bits per heavy atom. The molecular formula is C16H22BrNO. The second-order valence-electron chi connectivity index (χ2n) is 6.20. The second-order valence-corrected chi connectivity index (χ2v) is 7.11. The number of hydrogen-bond acceptors (Lipinski definition) is 2. The third kappa shape index (κ3) is 2.55. The molecule has 1 aromatic carbocycles. The minimum absolute atomic E-state index is 0.0635. The number of nitrogens with one attached hydrogen (secondary N) is 1. The molecule has 1 aromatic rings. The summed E-state index contributed by atoms with van der Waals surface area (Å²) >= 11 is 3.55. The number of halogens is 1. The molecule has 1 spiro atoms. The van der Waals surface area contributed by atoms with Gasteiger partial charge in [-0.05, 0) is 50.8 Å². The van der Waals surface area contributed by atoms with E-state index < -0.39 is 0 Å². The first kappa shape index (κ1) is 13.4. The van der Waals surface area contributed by atoms with Crippen LogP contribution in [0.15, 0.2) is 22.7 Å². The second kappa shape index (κ2) is 5.10. The topological polar surface area (TPSA) is 21.3 Å². The van der Waals surface area contributed by atoms with Gasteiger partial charge in [-0.2, -0.15) is 0 Å². The lowest BCUT2D eigenvalue weighted by Crippen LogP contribution is -2.46. The van der Waals surface area contributed by atoms with E-state index in [4.69, 9.17) is 4.74 Å². The molecular weight excluding hydrogens is 302 g/mol. The number of hydrogen-bond donors (Lipinski definition) is 1. The van der Waals surface area contributed by atoms with Crippen LogP contribution in [0.1, 0.15) is 50.6 Å². The molecule has 1 heterocycles. The average molecular weight is 324 g/mol. The van der Waals surface area contributed by atoms with E-state index in [-0.39, 0.29) is 5.60 Å². The van der Waals surface area contributed by atoms with Crippen LogP contribution in [0.3, 0.4) is 0 Å². The van der Waals surface area contributed by atoms with E-state index >= 15 is 0 Å². The number of fused-ring (bicyclic) bond motifs is 1. The first-order valence-electron chi connectivity index (χ1n) is 7.28. The summed E-state index contributed by atoms with van der Waals surface area (Å²) in [6.45, 7) is 2.36. The Labute approximate surface area is 124 Å². The first-order chi connectivity index (χ1) is 9.12. The highest BCUT2D eigenvalue weighted by Gasteiger charge is 2.42. The zero-order valence-corrected chi connectivity index (χ0v) is 13.3. The van der Waals surface area contributed by atoms with Gasteiger partial charge < -0.3 is 10.1 Å². The number of rotatable bonds is 1. The molecule has 1 aliphatic carbocycles. The van der Waals surface area contributed by atoms with Gasteiger partial charge in [0, 0.05) is 22.5 Å².